The lowest BCUT2D eigenvalue weighted by Crippen LogP contribution is -2.18. The fourth-order valence-corrected chi connectivity index (χ4v) is 3.20. The monoisotopic (exact) mass is 354 g/mol. The number of hydrogen-bond acceptors (Lipinski definition) is 5. The zero-order chi connectivity index (χ0) is 17.8. The zero-order valence-corrected chi connectivity index (χ0v) is 14.8. The zero-order valence-electron chi connectivity index (χ0n) is 14.0. The summed E-state index contributed by atoms with van der Waals surface area (Å²) in [5.74, 6) is -0.235. The number of fused-ring (bicyclic) bond motifs is 1. The summed E-state index contributed by atoms with van der Waals surface area (Å²) in [7, 11) is 1.63. The Balaban J connectivity index is 1.69. The Hall–Kier alpha value is -2.66. The van der Waals surface area contributed by atoms with Crippen molar-refractivity contribution in [2.24, 2.45) is 0 Å². The van der Waals surface area contributed by atoms with Gasteiger partial charge >= 0.3 is 5.97 Å². The van der Waals surface area contributed by atoms with E-state index in [2.05, 4.69) is 0 Å². The summed E-state index contributed by atoms with van der Waals surface area (Å²) >= 11 is 1.34. The lowest BCUT2D eigenvalue weighted by molar-refractivity contribution is -0.143. The molecule has 0 bridgehead atoms. The number of hydrogen-bond donors (Lipinski definition) is 0. The summed E-state index contributed by atoms with van der Waals surface area (Å²) in [5.41, 5.74) is 0.853. The van der Waals surface area contributed by atoms with E-state index >= 15 is 0 Å². The van der Waals surface area contributed by atoms with Crippen LogP contribution in [-0.4, -0.2) is 25.5 Å². The molecular formula is C20H18O4S. The maximum absolute atomic E-state index is 12.3. The first-order valence-electron chi connectivity index (χ1n) is 7.89. The van der Waals surface area contributed by atoms with Gasteiger partial charge in [-0.2, -0.15) is 0 Å². The third-order valence-electron chi connectivity index (χ3n) is 4.07. The molecule has 0 radical (unpaired) electrons. The first kappa shape index (κ1) is 17.2. The quantitative estimate of drug-likeness (QED) is 0.485. The molecule has 128 valence electrons. The van der Waals surface area contributed by atoms with E-state index in [1.807, 2.05) is 41.8 Å². The highest BCUT2D eigenvalue weighted by Gasteiger charge is 2.19. The molecule has 0 N–H and O–H groups in total. The van der Waals surface area contributed by atoms with Gasteiger partial charge in [0.05, 0.1) is 17.9 Å². The first-order valence-corrected chi connectivity index (χ1v) is 8.77. The SMILES string of the molecule is COc1ccc2cc([C@H](C)C(=O)OCC(=O)c3cccs3)ccc2c1. The number of benzene rings is 2. The third-order valence-corrected chi connectivity index (χ3v) is 4.98. The third kappa shape index (κ3) is 3.88. The lowest BCUT2D eigenvalue weighted by atomic mass is 9.98. The second kappa shape index (κ2) is 7.49. The van der Waals surface area contributed by atoms with Gasteiger partial charge in [0.2, 0.25) is 5.78 Å². The molecule has 0 aliphatic rings. The number of methoxy groups -OCH3 is 1. The van der Waals surface area contributed by atoms with Crippen molar-refractivity contribution in [3.63, 3.8) is 0 Å². The Kier molecular flexibility index (Phi) is 5.14. The Morgan fingerprint density at radius 1 is 1.08 bits per heavy atom. The van der Waals surface area contributed by atoms with E-state index in [0.717, 1.165) is 22.1 Å². The number of thiophene rings is 1. The molecule has 0 amide bonds. The molecule has 0 saturated heterocycles. The van der Waals surface area contributed by atoms with Crippen molar-refractivity contribution < 1.29 is 19.1 Å². The number of carbonyl (C=O) groups is 2. The summed E-state index contributed by atoms with van der Waals surface area (Å²) < 4.78 is 10.4. The maximum Gasteiger partial charge on any atom is 0.313 e. The van der Waals surface area contributed by atoms with Crippen LogP contribution in [0.4, 0.5) is 0 Å². The summed E-state index contributed by atoms with van der Waals surface area (Å²) in [4.78, 5) is 24.8. The van der Waals surface area contributed by atoms with Crippen molar-refractivity contribution in [2.75, 3.05) is 13.7 Å². The number of ketones is 1. The molecule has 2 aromatic carbocycles. The Morgan fingerprint density at radius 3 is 2.56 bits per heavy atom. The summed E-state index contributed by atoms with van der Waals surface area (Å²) in [5, 5.41) is 3.88. The molecule has 4 nitrogen and oxygen atoms in total. The molecule has 0 spiro atoms. The second-order valence-electron chi connectivity index (χ2n) is 5.70. The second-order valence-corrected chi connectivity index (χ2v) is 6.65. The average molecular weight is 354 g/mol. The predicted molar refractivity (Wildman–Crippen MR) is 98.5 cm³/mol. The lowest BCUT2D eigenvalue weighted by Gasteiger charge is -2.12. The predicted octanol–water partition coefficient (Wildman–Crippen LogP) is 4.44. The van der Waals surface area contributed by atoms with Crippen molar-refractivity contribution in [1.82, 2.24) is 0 Å². The summed E-state index contributed by atoms with van der Waals surface area (Å²) in [6, 6.07) is 15.1. The molecule has 1 aromatic heterocycles. The molecule has 5 heteroatoms. The van der Waals surface area contributed by atoms with Gasteiger partial charge in [0.15, 0.2) is 6.61 Å². The van der Waals surface area contributed by atoms with E-state index in [1.165, 1.54) is 11.3 Å². The molecule has 0 unspecified atom stereocenters. The highest BCUT2D eigenvalue weighted by Crippen LogP contribution is 2.25. The van der Waals surface area contributed by atoms with Crippen molar-refractivity contribution in [3.05, 3.63) is 64.4 Å². The smallest absolute Gasteiger partial charge is 0.313 e. The van der Waals surface area contributed by atoms with Gasteiger partial charge in [0, 0.05) is 0 Å². The number of Topliss-reactive ketones (excluding diaryl/α,β-unsaturated/α-hetero) is 1. The van der Waals surface area contributed by atoms with Crippen molar-refractivity contribution in [2.45, 2.75) is 12.8 Å². The molecule has 0 saturated carbocycles. The van der Waals surface area contributed by atoms with Gasteiger partial charge < -0.3 is 9.47 Å². The van der Waals surface area contributed by atoms with Crippen LogP contribution >= 0.6 is 11.3 Å². The maximum atomic E-state index is 12.3. The van der Waals surface area contributed by atoms with Gasteiger partial charge in [0.25, 0.3) is 0 Å². The van der Waals surface area contributed by atoms with E-state index in [4.69, 9.17) is 9.47 Å². The summed E-state index contributed by atoms with van der Waals surface area (Å²) in [6.07, 6.45) is 0. The minimum Gasteiger partial charge on any atom is -0.497 e. The largest absolute Gasteiger partial charge is 0.497 e. The van der Waals surface area contributed by atoms with Crippen molar-refractivity contribution >= 4 is 33.9 Å². The minimum absolute atomic E-state index is 0.179. The molecule has 3 rings (SSSR count). The fraction of sp³-hybridized carbons (Fsp3) is 0.200. The minimum atomic E-state index is -0.442. The highest BCUT2D eigenvalue weighted by atomic mass is 32.1. The van der Waals surface area contributed by atoms with Crippen LogP contribution in [0.25, 0.3) is 10.8 Å². The first-order chi connectivity index (χ1) is 12.1. The standard InChI is InChI=1S/C20H18O4S/c1-13(20(22)24-12-18(21)19-4-3-9-25-19)14-5-6-16-11-17(23-2)8-7-15(16)10-14/h3-11,13H,12H2,1-2H3/t13-/m0/s1. The van der Waals surface area contributed by atoms with E-state index in [9.17, 15) is 9.59 Å². The van der Waals surface area contributed by atoms with E-state index in [1.54, 1.807) is 26.2 Å². The van der Waals surface area contributed by atoms with E-state index in [-0.39, 0.29) is 12.4 Å². The van der Waals surface area contributed by atoms with Gasteiger partial charge in [-0.05, 0) is 46.8 Å². The number of esters is 1. The summed E-state index contributed by atoms with van der Waals surface area (Å²) in [6.45, 7) is 1.55. The van der Waals surface area contributed by atoms with Crippen LogP contribution in [-0.2, 0) is 9.53 Å². The molecule has 3 aromatic rings. The fourth-order valence-electron chi connectivity index (χ4n) is 2.54. The van der Waals surface area contributed by atoms with Crippen LogP contribution in [0.5, 0.6) is 5.75 Å². The normalized spacial score (nSPS) is 11.9. The van der Waals surface area contributed by atoms with Crippen LogP contribution in [0.15, 0.2) is 53.9 Å². The Morgan fingerprint density at radius 2 is 1.84 bits per heavy atom. The van der Waals surface area contributed by atoms with Crippen LogP contribution in [0.1, 0.15) is 28.1 Å². The number of rotatable bonds is 6. The van der Waals surface area contributed by atoms with Gasteiger partial charge in [-0.3, -0.25) is 9.59 Å². The van der Waals surface area contributed by atoms with Crippen molar-refractivity contribution in [1.29, 1.82) is 0 Å². The van der Waals surface area contributed by atoms with Crippen molar-refractivity contribution in [3.8, 4) is 5.75 Å². The van der Waals surface area contributed by atoms with Crippen LogP contribution in [0.2, 0.25) is 0 Å². The van der Waals surface area contributed by atoms with Gasteiger partial charge in [-0.25, -0.2) is 0 Å². The number of ether oxygens (including phenoxy) is 2. The molecule has 1 heterocycles. The van der Waals surface area contributed by atoms with Gasteiger partial charge in [-0.1, -0.05) is 30.3 Å². The van der Waals surface area contributed by atoms with Crippen LogP contribution in [0, 0.1) is 0 Å². The average Bonchev–Trinajstić information content (AvgIpc) is 3.19. The molecule has 0 aliphatic heterocycles. The Bertz CT molecular complexity index is 899. The van der Waals surface area contributed by atoms with E-state index in [0.29, 0.717) is 4.88 Å². The molecule has 1 atom stereocenters. The van der Waals surface area contributed by atoms with Gasteiger partial charge in [-0.15, -0.1) is 11.3 Å². The number of carbonyl (C=O) groups excluding carboxylic acids is 2. The Labute approximate surface area is 150 Å². The van der Waals surface area contributed by atoms with E-state index < -0.39 is 11.9 Å². The molecule has 0 aliphatic carbocycles. The highest BCUT2D eigenvalue weighted by molar-refractivity contribution is 7.12. The molecular weight excluding hydrogens is 336 g/mol. The molecule has 25 heavy (non-hydrogen) atoms. The van der Waals surface area contributed by atoms with Gasteiger partial charge in [0.1, 0.15) is 5.75 Å². The van der Waals surface area contributed by atoms with Crippen LogP contribution < -0.4 is 4.74 Å². The molecule has 0 fully saturated rings. The topological polar surface area (TPSA) is 52.6 Å². The van der Waals surface area contributed by atoms with Crippen LogP contribution in [0.3, 0.4) is 0 Å².